The van der Waals surface area contributed by atoms with E-state index in [9.17, 15) is 4.39 Å². The summed E-state index contributed by atoms with van der Waals surface area (Å²) >= 11 is 1.49. The molecule has 16 heavy (non-hydrogen) atoms. The minimum absolute atomic E-state index is 0.224. The molecule has 0 spiro atoms. The minimum atomic E-state index is -0.375. The number of halogens is 1. The molecule has 0 aliphatic carbocycles. The number of thiazole rings is 1. The van der Waals surface area contributed by atoms with Gasteiger partial charge in [-0.05, 0) is 31.0 Å². The number of hydrogen-bond acceptors (Lipinski definition) is 3. The monoisotopic (exact) mass is 238 g/mol. The van der Waals surface area contributed by atoms with Gasteiger partial charge in [-0.3, -0.25) is 0 Å². The standard InChI is InChI=1S/C12H15FN2S/c1-3-12(14,4-2)11-15-9-6-5-8(13)7-10(9)16-11/h5-7H,3-4,14H2,1-2H3. The molecule has 1 heterocycles. The highest BCUT2D eigenvalue weighted by Gasteiger charge is 2.26. The van der Waals surface area contributed by atoms with Gasteiger partial charge >= 0.3 is 0 Å². The molecule has 1 aromatic heterocycles. The molecule has 0 atom stereocenters. The lowest BCUT2D eigenvalue weighted by molar-refractivity contribution is 0.411. The van der Waals surface area contributed by atoms with Crippen LogP contribution in [0.2, 0.25) is 0 Å². The van der Waals surface area contributed by atoms with E-state index in [2.05, 4.69) is 18.8 Å². The molecule has 0 aliphatic rings. The lowest BCUT2D eigenvalue weighted by atomic mass is 9.95. The third-order valence-corrected chi connectivity index (χ3v) is 4.28. The second-order valence-corrected chi connectivity index (χ2v) is 5.02. The molecule has 4 heteroatoms. The Labute approximate surface area is 98.3 Å². The van der Waals surface area contributed by atoms with E-state index in [1.165, 1.54) is 23.5 Å². The molecule has 0 unspecified atom stereocenters. The van der Waals surface area contributed by atoms with Crippen LogP contribution in [0.1, 0.15) is 31.7 Å². The van der Waals surface area contributed by atoms with E-state index < -0.39 is 0 Å². The average Bonchev–Trinajstić information content (AvgIpc) is 2.71. The van der Waals surface area contributed by atoms with Gasteiger partial charge in [0.25, 0.3) is 0 Å². The fraction of sp³-hybridized carbons (Fsp3) is 0.417. The summed E-state index contributed by atoms with van der Waals surface area (Å²) in [6, 6.07) is 4.65. The Kier molecular flexibility index (Phi) is 2.95. The van der Waals surface area contributed by atoms with Gasteiger partial charge < -0.3 is 5.73 Å². The van der Waals surface area contributed by atoms with Crippen LogP contribution in [0, 0.1) is 5.82 Å². The molecular formula is C12H15FN2S. The normalized spacial score (nSPS) is 12.2. The number of nitrogens with two attached hydrogens (primary N) is 1. The molecule has 0 radical (unpaired) electrons. The molecule has 0 fully saturated rings. The zero-order chi connectivity index (χ0) is 11.8. The summed E-state index contributed by atoms with van der Waals surface area (Å²) < 4.78 is 13.9. The largest absolute Gasteiger partial charge is 0.319 e. The van der Waals surface area contributed by atoms with Crippen LogP contribution in [0.3, 0.4) is 0 Å². The zero-order valence-corrected chi connectivity index (χ0v) is 10.3. The van der Waals surface area contributed by atoms with E-state index in [1.807, 2.05) is 0 Å². The van der Waals surface area contributed by atoms with Gasteiger partial charge in [-0.25, -0.2) is 9.37 Å². The second kappa shape index (κ2) is 4.11. The number of hydrogen-bond donors (Lipinski definition) is 1. The summed E-state index contributed by atoms with van der Waals surface area (Å²) in [6.07, 6.45) is 1.68. The molecule has 0 aliphatic heterocycles. The SMILES string of the molecule is CCC(N)(CC)c1nc2ccc(F)cc2s1. The number of rotatable bonds is 3. The summed E-state index contributed by atoms with van der Waals surface area (Å²) in [5, 5.41) is 0.901. The van der Waals surface area contributed by atoms with Crippen molar-refractivity contribution >= 4 is 21.6 Å². The van der Waals surface area contributed by atoms with Gasteiger partial charge in [0.1, 0.15) is 10.8 Å². The van der Waals surface area contributed by atoms with Crippen LogP contribution >= 0.6 is 11.3 Å². The molecule has 0 amide bonds. The third-order valence-electron chi connectivity index (χ3n) is 3.04. The first kappa shape index (κ1) is 11.5. The maximum Gasteiger partial charge on any atom is 0.124 e. The Bertz CT molecular complexity index is 503. The Morgan fingerprint density at radius 1 is 1.38 bits per heavy atom. The van der Waals surface area contributed by atoms with E-state index in [1.54, 1.807) is 6.07 Å². The highest BCUT2D eigenvalue weighted by molar-refractivity contribution is 7.18. The van der Waals surface area contributed by atoms with Gasteiger partial charge in [0.15, 0.2) is 0 Å². The van der Waals surface area contributed by atoms with E-state index in [4.69, 9.17) is 5.73 Å². The molecule has 0 saturated carbocycles. The van der Waals surface area contributed by atoms with E-state index in [0.717, 1.165) is 28.1 Å². The number of aromatic nitrogens is 1. The van der Waals surface area contributed by atoms with Crippen LogP contribution in [0.15, 0.2) is 18.2 Å². The number of benzene rings is 1. The van der Waals surface area contributed by atoms with Crippen LogP contribution in [-0.4, -0.2) is 4.98 Å². The number of fused-ring (bicyclic) bond motifs is 1. The van der Waals surface area contributed by atoms with Crippen LogP contribution in [0.4, 0.5) is 4.39 Å². The van der Waals surface area contributed by atoms with Crippen molar-refractivity contribution in [1.82, 2.24) is 4.98 Å². The Hall–Kier alpha value is -1.000. The molecule has 1 aromatic carbocycles. The number of nitrogens with zero attached hydrogens (tertiary/aromatic N) is 1. The van der Waals surface area contributed by atoms with Crippen LogP contribution in [-0.2, 0) is 5.54 Å². The molecule has 2 N–H and O–H groups in total. The van der Waals surface area contributed by atoms with Crippen LogP contribution in [0.5, 0.6) is 0 Å². The Morgan fingerprint density at radius 2 is 2.06 bits per heavy atom. The topological polar surface area (TPSA) is 38.9 Å². The first-order valence-electron chi connectivity index (χ1n) is 5.44. The van der Waals surface area contributed by atoms with Crippen molar-refractivity contribution in [2.75, 3.05) is 0 Å². The first-order valence-corrected chi connectivity index (χ1v) is 6.26. The average molecular weight is 238 g/mol. The lowest BCUT2D eigenvalue weighted by Gasteiger charge is -2.23. The summed E-state index contributed by atoms with van der Waals surface area (Å²) in [6.45, 7) is 4.10. The molecular weight excluding hydrogens is 223 g/mol. The molecule has 0 saturated heterocycles. The third kappa shape index (κ3) is 1.83. The summed E-state index contributed by atoms with van der Waals surface area (Å²) in [4.78, 5) is 4.49. The van der Waals surface area contributed by atoms with Crippen molar-refractivity contribution in [3.05, 3.63) is 29.0 Å². The van der Waals surface area contributed by atoms with Crippen molar-refractivity contribution in [3.63, 3.8) is 0 Å². The second-order valence-electron chi connectivity index (χ2n) is 3.99. The maximum absolute atomic E-state index is 13.1. The van der Waals surface area contributed by atoms with E-state index >= 15 is 0 Å². The molecule has 0 bridgehead atoms. The van der Waals surface area contributed by atoms with Gasteiger partial charge in [-0.15, -0.1) is 11.3 Å². The highest BCUT2D eigenvalue weighted by Crippen LogP contribution is 2.32. The lowest BCUT2D eigenvalue weighted by Crippen LogP contribution is -2.34. The van der Waals surface area contributed by atoms with Gasteiger partial charge in [-0.1, -0.05) is 13.8 Å². The van der Waals surface area contributed by atoms with Gasteiger partial charge in [0.05, 0.1) is 15.8 Å². The minimum Gasteiger partial charge on any atom is -0.319 e. The maximum atomic E-state index is 13.1. The van der Waals surface area contributed by atoms with Gasteiger partial charge in [0.2, 0.25) is 0 Å². The fourth-order valence-corrected chi connectivity index (χ4v) is 2.90. The molecule has 2 rings (SSSR count). The first-order chi connectivity index (χ1) is 7.59. The Balaban J connectivity index is 2.54. The highest BCUT2D eigenvalue weighted by atomic mass is 32.1. The van der Waals surface area contributed by atoms with Crippen molar-refractivity contribution in [2.24, 2.45) is 5.73 Å². The van der Waals surface area contributed by atoms with Crippen molar-refractivity contribution in [1.29, 1.82) is 0 Å². The quantitative estimate of drug-likeness (QED) is 0.890. The summed E-state index contributed by atoms with van der Waals surface area (Å²) in [7, 11) is 0. The summed E-state index contributed by atoms with van der Waals surface area (Å²) in [5.74, 6) is -0.224. The predicted octanol–water partition coefficient (Wildman–Crippen LogP) is 3.41. The zero-order valence-electron chi connectivity index (χ0n) is 9.46. The molecule has 86 valence electrons. The van der Waals surface area contributed by atoms with Crippen LogP contribution in [0.25, 0.3) is 10.2 Å². The van der Waals surface area contributed by atoms with Crippen molar-refractivity contribution < 1.29 is 4.39 Å². The Morgan fingerprint density at radius 3 is 2.69 bits per heavy atom. The smallest absolute Gasteiger partial charge is 0.124 e. The van der Waals surface area contributed by atoms with E-state index in [-0.39, 0.29) is 11.4 Å². The molecule has 2 aromatic rings. The van der Waals surface area contributed by atoms with E-state index in [0.29, 0.717) is 0 Å². The van der Waals surface area contributed by atoms with Crippen molar-refractivity contribution in [2.45, 2.75) is 32.2 Å². The van der Waals surface area contributed by atoms with Gasteiger partial charge in [0, 0.05) is 0 Å². The predicted molar refractivity (Wildman–Crippen MR) is 66.0 cm³/mol. The van der Waals surface area contributed by atoms with Crippen molar-refractivity contribution in [3.8, 4) is 0 Å². The van der Waals surface area contributed by atoms with Gasteiger partial charge in [-0.2, -0.15) is 0 Å². The van der Waals surface area contributed by atoms with Crippen LogP contribution < -0.4 is 5.73 Å². The fourth-order valence-electron chi connectivity index (χ4n) is 1.66. The molecule has 2 nitrogen and oxygen atoms in total. The summed E-state index contributed by atoms with van der Waals surface area (Å²) in [5.41, 5.74) is 6.73.